The Morgan fingerprint density at radius 1 is 0.794 bits per heavy atom. The third kappa shape index (κ3) is 2.60. The summed E-state index contributed by atoms with van der Waals surface area (Å²) in [7, 11) is 0. The molecule has 3 heterocycles. The van der Waals surface area contributed by atoms with E-state index in [0.717, 1.165) is 39.1 Å². The molecule has 4 heteroatoms. The van der Waals surface area contributed by atoms with Crippen LogP contribution in [0.1, 0.15) is 28.3 Å². The summed E-state index contributed by atoms with van der Waals surface area (Å²) < 4.78 is 7.41. The van der Waals surface area contributed by atoms with Crippen molar-refractivity contribution in [3.63, 3.8) is 0 Å². The molecule has 7 rings (SSSR count). The molecule has 1 aromatic heterocycles. The number of hydrogen-bond donors (Lipinski definition) is 0. The second kappa shape index (κ2) is 7.31. The fourth-order valence-corrected chi connectivity index (χ4v) is 6.41. The van der Waals surface area contributed by atoms with Gasteiger partial charge in [-0.25, -0.2) is 0 Å². The molecule has 1 atom stereocenters. The molecule has 2 aliphatic heterocycles. The maximum absolute atomic E-state index is 14.7. The summed E-state index contributed by atoms with van der Waals surface area (Å²) in [6.07, 6.45) is 0. The number of ether oxygens (including phenoxy) is 1. The van der Waals surface area contributed by atoms with Gasteiger partial charge in [0.05, 0.1) is 6.04 Å². The largest absolute Gasteiger partial charge is 0.491 e. The number of rotatable bonds is 3. The lowest BCUT2D eigenvalue weighted by Crippen LogP contribution is -2.44. The number of thiophene rings is 1. The van der Waals surface area contributed by atoms with Crippen LogP contribution in [0.25, 0.3) is 10.1 Å². The molecule has 1 spiro atoms. The van der Waals surface area contributed by atoms with Gasteiger partial charge in [0.1, 0.15) is 17.8 Å². The minimum atomic E-state index is -0.841. The number of benzene rings is 4. The van der Waals surface area contributed by atoms with Crippen molar-refractivity contribution in [2.75, 3.05) is 11.5 Å². The highest BCUT2D eigenvalue weighted by molar-refractivity contribution is 7.17. The lowest BCUT2D eigenvalue weighted by molar-refractivity contribution is -0.122. The zero-order valence-corrected chi connectivity index (χ0v) is 19.2. The van der Waals surface area contributed by atoms with E-state index in [1.807, 2.05) is 53.4 Å². The minimum absolute atomic E-state index is 0.0704. The Kier molecular flexibility index (Phi) is 4.20. The molecule has 0 fully saturated rings. The number of carbonyl (C=O) groups excluding carboxylic acids is 1. The summed E-state index contributed by atoms with van der Waals surface area (Å²) in [4.78, 5) is 16.7. The highest BCUT2D eigenvalue weighted by Gasteiger charge is 2.58. The van der Waals surface area contributed by atoms with Crippen LogP contribution in [0.15, 0.2) is 109 Å². The number of carbonyl (C=O) groups is 1. The molecule has 4 aromatic carbocycles. The molecule has 0 aliphatic carbocycles. The van der Waals surface area contributed by atoms with Crippen LogP contribution in [0.4, 0.5) is 5.69 Å². The molecule has 34 heavy (non-hydrogen) atoms. The molecule has 0 radical (unpaired) electrons. The van der Waals surface area contributed by atoms with Gasteiger partial charge in [0.25, 0.3) is 0 Å². The van der Waals surface area contributed by atoms with Gasteiger partial charge >= 0.3 is 0 Å². The highest BCUT2D eigenvalue weighted by Crippen LogP contribution is 2.55. The monoisotopic (exact) mass is 459 g/mol. The number of hydrogen-bond acceptors (Lipinski definition) is 3. The first-order valence-corrected chi connectivity index (χ1v) is 12.3. The first kappa shape index (κ1) is 19.6. The van der Waals surface area contributed by atoms with Crippen molar-refractivity contribution in [3.8, 4) is 5.75 Å². The first-order valence-electron chi connectivity index (χ1n) is 11.4. The van der Waals surface area contributed by atoms with Gasteiger partial charge in [-0.05, 0) is 51.7 Å². The highest BCUT2D eigenvalue weighted by atomic mass is 32.1. The van der Waals surface area contributed by atoms with Crippen LogP contribution < -0.4 is 9.64 Å². The van der Waals surface area contributed by atoms with Crippen LogP contribution in [0.2, 0.25) is 0 Å². The molecular weight excluding hydrogens is 438 g/mol. The summed E-state index contributed by atoms with van der Waals surface area (Å²) >= 11 is 1.70. The Morgan fingerprint density at radius 2 is 1.47 bits per heavy atom. The smallest absolute Gasteiger partial charge is 0.246 e. The van der Waals surface area contributed by atoms with E-state index in [4.69, 9.17) is 4.74 Å². The summed E-state index contributed by atoms with van der Waals surface area (Å²) in [5.41, 5.74) is 4.27. The Balaban J connectivity index is 1.48. The summed E-state index contributed by atoms with van der Waals surface area (Å²) in [6.45, 7) is 0.322. The van der Waals surface area contributed by atoms with Crippen molar-refractivity contribution in [1.82, 2.24) is 0 Å². The lowest BCUT2D eigenvalue weighted by Gasteiger charge is -2.31. The van der Waals surface area contributed by atoms with E-state index < -0.39 is 5.41 Å². The Morgan fingerprint density at radius 3 is 2.21 bits per heavy atom. The molecule has 164 valence electrons. The molecule has 2 aliphatic rings. The van der Waals surface area contributed by atoms with Gasteiger partial charge < -0.3 is 4.74 Å². The average Bonchev–Trinajstić information content (AvgIpc) is 3.57. The van der Waals surface area contributed by atoms with Crippen molar-refractivity contribution in [1.29, 1.82) is 0 Å². The topological polar surface area (TPSA) is 29.5 Å². The molecule has 1 unspecified atom stereocenters. The van der Waals surface area contributed by atoms with Gasteiger partial charge in [0, 0.05) is 16.0 Å². The van der Waals surface area contributed by atoms with E-state index in [1.165, 1.54) is 4.70 Å². The van der Waals surface area contributed by atoms with Crippen LogP contribution in [0, 0.1) is 0 Å². The Hall–Kier alpha value is -3.89. The zero-order chi connectivity index (χ0) is 22.7. The van der Waals surface area contributed by atoms with Gasteiger partial charge in [-0.1, -0.05) is 78.9 Å². The molecule has 3 nitrogen and oxygen atoms in total. The van der Waals surface area contributed by atoms with Crippen molar-refractivity contribution in [2.45, 2.75) is 11.5 Å². The fraction of sp³-hybridized carbons (Fsp3) is 0.100. The summed E-state index contributed by atoms with van der Waals surface area (Å²) in [5.74, 6) is 0.882. The molecule has 0 saturated carbocycles. The molecule has 0 bridgehead atoms. The normalized spacial score (nSPS) is 18.5. The van der Waals surface area contributed by atoms with Gasteiger partial charge in [0.2, 0.25) is 5.91 Å². The van der Waals surface area contributed by atoms with Gasteiger partial charge in [0.15, 0.2) is 0 Å². The molecule has 5 aromatic rings. The van der Waals surface area contributed by atoms with Crippen molar-refractivity contribution >= 4 is 33.0 Å². The Bertz CT molecular complexity index is 1500. The van der Waals surface area contributed by atoms with Crippen molar-refractivity contribution < 1.29 is 9.53 Å². The number of nitrogens with zero attached hydrogens (tertiary/aromatic N) is 1. The zero-order valence-electron chi connectivity index (χ0n) is 18.3. The standard InChI is InChI=1S/C30H21NO2S/c32-29-30(19-33-26-17-22-15-16-34-27(22)18-24(26)30)23-13-7-8-14-25(23)31(29)28(20-9-3-1-4-10-20)21-11-5-2-6-12-21/h1-18,28H,19H2. The molecule has 1 amide bonds. The van der Waals surface area contributed by atoms with Crippen LogP contribution in [0.3, 0.4) is 0 Å². The van der Waals surface area contributed by atoms with Crippen molar-refractivity contribution in [2.24, 2.45) is 0 Å². The van der Waals surface area contributed by atoms with Crippen LogP contribution >= 0.6 is 11.3 Å². The predicted octanol–water partition coefficient (Wildman–Crippen LogP) is 6.72. The van der Waals surface area contributed by atoms with E-state index in [0.29, 0.717) is 6.61 Å². The summed E-state index contributed by atoms with van der Waals surface area (Å²) in [5, 5.41) is 3.24. The van der Waals surface area contributed by atoms with Gasteiger partial charge in [-0.2, -0.15) is 0 Å². The van der Waals surface area contributed by atoms with Crippen LogP contribution in [-0.4, -0.2) is 12.5 Å². The van der Waals surface area contributed by atoms with E-state index in [-0.39, 0.29) is 11.9 Å². The number of anilines is 1. The van der Waals surface area contributed by atoms with Gasteiger partial charge in [-0.3, -0.25) is 9.69 Å². The lowest BCUT2D eigenvalue weighted by atomic mass is 9.77. The van der Waals surface area contributed by atoms with Crippen molar-refractivity contribution in [3.05, 3.63) is 131 Å². The number of para-hydroxylation sites is 1. The van der Waals surface area contributed by atoms with E-state index in [1.54, 1.807) is 11.3 Å². The van der Waals surface area contributed by atoms with E-state index >= 15 is 0 Å². The third-order valence-corrected chi connectivity index (χ3v) is 8.03. The maximum atomic E-state index is 14.7. The quantitative estimate of drug-likeness (QED) is 0.300. The van der Waals surface area contributed by atoms with Crippen LogP contribution in [0.5, 0.6) is 5.75 Å². The second-order valence-electron chi connectivity index (χ2n) is 8.92. The second-order valence-corrected chi connectivity index (χ2v) is 9.86. The number of fused-ring (bicyclic) bond motifs is 5. The van der Waals surface area contributed by atoms with Gasteiger partial charge in [-0.15, -0.1) is 11.3 Å². The average molecular weight is 460 g/mol. The van der Waals surface area contributed by atoms with E-state index in [2.05, 4.69) is 60.0 Å². The number of amides is 1. The third-order valence-electron chi connectivity index (χ3n) is 7.15. The predicted molar refractivity (Wildman–Crippen MR) is 137 cm³/mol. The maximum Gasteiger partial charge on any atom is 0.246 e. The minimum Gasteiger partial charge on any atom is -0.491 e. The first-order chi connectivity index (χ1) is 16.8. The Labute approximate surface area is 201 Å². The summed E-state index contributed by atoms with van der Waals surface area (Å²) in [6, 6.07) is 34.9. The van der Waals surface area contributed by atoms with Crippen LogP contribution in [-0.2, 0) is 10.2 Å². The fourth-order valence-electron chi connectivity index (χ4n) is 5.60. The van der Waals surface area contributed by atoms with E-state index in [9.17, 15) is 4.79 Å². The SMILES string of the molecule is O=C1N(C(c2ccccc2)c2ccccc2)c2ccccc2C12COc1cc3ccsc3cc12. The molecule has 0 saturated heterocycles. The molecule has 0 N–H and O–H groups in total. The molecular formula is C30H21NO2S.